The lowest BCUT2D eigenvalue weighted by Gasteiger charge is -2.32. The van der Waals surface area contributed by atoms with E-state index in [1.807, 2.05) is 26.6 Å². The molecule has 0 fully saturated rings. The molecule has 27 N–H and O–H groups in total. The Morgan fingerprint density at radius 1 is 0.640 bits per heavy atom. The van der Waals surface area contributed by atoms with Gasteiger partial charge in [0, 0.05) is 36.4 Å². The zero-order valence-electron chi connectivity index (χ0n) is 37.7. The monoisotopic (exact) mass is 1070 g/mol. The number of nitro groups is 2. The number of nitrogens with one attached hydrogen (secondary N) is 6. The highest BCUT2D eigenvalue weighted by Gasteiger charge is 2.41. The average Bonchev–Trinajstić information content (AvgIpc) is 3.31. The number of halogens is 3. The molecule has 3 aromatic carbocycles. The van der Waals surface area contributed by atoms with E-state index in [4.69, 9.17) is 56.9 Å². The molecule has 3 rings (SSSR count). The molecule has 39 heteroatoms. The first-order chi connectivity index (χ1) is 34.9. The molecule has 6 unspecified atom stereocenters. The summed E-state index contributed by atoms with van der Waals surface area (Å²) < 4.78 is 44.0. The number of rotatable bonds is 24. The predicted octanol–water partition coefficient (Wildman–Crippen LogP) is -6.43. The van der Waals surface area contributed by atoms with E-state index >= 15 is 0 Å². The molecule has 0 heterocycles. The molecule has 6 amide bonds. The number of aliphatic hydroxyl groups excluding tert-OH is 1. The van der Waals surface area contributed by atoms with Crippen molar-refractivity contribution in [3.63, 3.8) is 0 Å². The predicted molar refractivity (Wildman–Crippen MR) is 250 cm³/mol. The number of non-ortho nitro benzene ring substituents is 2. The van der Waals surface area contributed by atoms with Crippen LogP contribution in [0.1, 0.15) is 22.7 Å². The molecule has 0 aliphatic rings. The van der Waals surface area contributed by atoms with Crippen molar-refractivity contribution in [2.75, 3.05) is 10.4 Å². The SMILES string of the molecule is NC(=O)C(N=C(N)N)NC(=O)C(N=C(N)N)NC(=O)C(N=C(N)N)NC(=O)C(N=C(N)N)NC(=O)C(NC(=O)C(O)N(Cc1cc([N+](=O)[O-])cc(NOO)c1O)c1ccc([N+](=O)[O-])cc1C(F)(F)F)c1ccccc1. The van der Waals surface area contributed by atoms with E-state index in [2.05, 4.69) is 25.0 Å². The molecule has 3 aromatic rings. The molecule has 0 bridgehead atoms. The Bertz CT molecular complexity index is 2790. The van der Waals surface area contributed by atoms with Gasteiger partial charge in [-0.2, -0.15) is 13.2 Å². The number of aliphatic hydroxyl groups is 1. The number of nitrogens with two attached hydrogens (primary N) is 9. The third-order valence-electron chi connectivity index (χ3n) is 9.14. The molecule has 0 saturated carbocycles. The summed E-state index contributed by atoms with van der Waals surface area (Å²) >= 11 is 0. The Morgan fingerprint density at radius 3 is 1.52 bits per heavy atom. The number of aliphatic imine (C=N–C) groups is 4. The molecule has 0 radical (unpaired) electrons. The Kier molecular flexibility index (Phi) is 20.0. The van der Waals surface area contributed by atoms with Crippen LogP contribution in [0.5, 0.6) is 5.75 Å². The van der Waals surface area contributed by atoms with E-state index in [0.717, 1.165) is 0 Å². The molecule has 0 saturated heterocycles. The molecule has 6 atom stereocenters. The summed E-state index contributed by atoms with van der Waals surface area (Å²) in [5.41, 5.74) is 43.1. The van der Waals surface area contributed by atoms with Crippen LogP contribution in [-0.2, 0) is 46.5 Å². The van der Waals surface area contributed by atoms with Gasteiger partial charge in [0.1, 0.15) is 17.5 Å². The van der Waals surface area contributed by atoms with E-state index in [-0.39, 0.29) is 16.5 Å². The molecular formula is C36H45F3N22O14. The number of carbonyl (C=O) groups is 6. The summed E-state index contributed by atoms with van der Waals surface area (Å²) in [6.45, 7) is -1.31. The molecule has 75 heavy (non-hydrogen) atoms. The van der Waals surface area contributed by atoms with Gasteiger partial charge in [-0.25, -0.2) is 30.7 Å². The Morgan fingerprint density at radius 2 is 1.09 bits per heavy atom. The first-order valence-corrected chi connectivity index (χ1v) is 20.0. The topological polar surface area (TPSA) is 618 Å². The van der Waals surface area contributed by atoms with Gasteiger partial charge in [0.15, 0.2) is 23.8 Å². The summed E-state index contributed by atoms with van der Waals surface area (Å²) in [5, 5.41) is 64.7. The fraction of sp³-hybridized carbons (Fsp3) is 0.222. The second kappa shape index (κ2) is 25.5. The van der Waals surface area contributed by atoms with Crippen molar-refractivity contribution in [3.8, 4) is 5.75 Å². The van der Waals surface area contributed by atoms with Crippen LogP contribution in [0.4, 0.5) is 35.9 Å². The lowest BCUT2D eigenvalue weighted by Crippen LogP contribution is -2.58. The number of phenolic OH excluding ortho intramolecular Hbond substituents is 1. The fourth-order valence-electron chi connectivity index (χ4n) is 6.03. The highest BCUT2D eigenvalue weighted by Crippen LogP contribution is 2.41. The van der Waals surface area contributed by atoms with Crippen LogP contribution < -0.4 is 88.6 Å². The van der Waals surface area contributed by atoms with Gasteiger partial charge in [0.25, 0.3) is 40.9 Å². The Hall–Kier alpha value is -10.6. The Labute approximate surface area is 415 Å². The van der Waals surface area contributed by atoms with Gasteiger partial charge in [0.2, 0.25) is 36.8 Å². The highest BCUT2D eigenvalue weighted by atomic mass is 19.4. The number of hydrogen-bond donors (Lipinski definition) is 18. The number of benzene rings is 3. The van der Waals surface area contributed by atoms with Crippen LogP contribution in [0.3, 0.4) is 0 Å². The van der Waals surface area contributed by atoms with Crippen molar-refractivity contribution in [1.29, 1.82) is 0 Å². The van der Waals surface area contributed by atoms with Gasteiger partial charge in [-0.15, -0.1) is 4.99 Å². The van der Waals surface area contributed by atoms with Gasteiger partial charge in [-0.05, 0) is 11.6 Å². The summed E-state index contributed by atoms with van der Waals surface area (Å²) in [6.07, 6.45) is -17.3. The maximum absolute atomic E-state index is 14.7. The first-order valence-electron chi connectivity index (χ1n) is 20.0. The molecule has 404 valence electrons. The van der Waals surface area contributed by atoms with Crippen LogP contribution in [0, 0.1) is 20.2 Å². The molecule has 36 nitrogen and oxygen atoms in total. The van der Waals surface area contributed by atoms with Crippen LogP contribution in [0.15, 0.2) is 80.6 Å². The van der Waals surface area contributed by atoms with E-state index < -0.39 is 158 Å². The first kappa shape index (κ1) is 58.7. The number of hydrogen-bond acceptors (Lipinski definition) is 20. The summed E-state index contributed by atoms with van der Waals surface area (Å²) in [6, 6.07) is 6.35. The third kappa shape index (κ3) is 16.8. The van der Waals surface area contributed by atoms with E-state index in [0.29, 0.717) is 24.3 Å². The largest absolute Gasteiger partial charge is 0.505 e. The van der Waals surface area contributed by atoms with Crippen LogP contribution in [0.25, 0.3) is 0 Å². The van der Waals surface area contributed by atoms with Crippen molar-refractivity contribution in [3.05, 3.63) is 97.6 Å². The van der Waals surface area contributed by atoms with Gasteiger partial charge in [-0.3, -0.25) is 49.0 Å². The second-order valence-corrected chi connectivity index (χ2v) is 14.5. The molecule has 0 spiro atoms. The maximum atomic E-state index is 14.7. The number of anilines is 2. The number of guanidine groups is 4. The Balaban J connectivity index is 2.12. The van der Waals surface area contributed by atoms with Crippen LogP contribution in [-0.4, -0.2) is 115 Å². The van der Waals surface area contributed by atoms with Gasteiger partial charge in [0.05, 0.1) is 21.1 Å². The number of nitrogens with zero attached hydrogens (tertiary/aromatic N) is 7. The second-order valence-electron chi connectivity index (χ2n) is 14.5. The van der Waals surface area contributed by atoms with Gasteiger partial charge < -0.3 is 93.3 Å². The van der Waals surface area contributed by atoms with Crippen molar-refractivity contribution < 1.29 is 72.2 Å². The number of carbonyl (C=O) groups excluding carboxylic acids is 6. The van der Waals surface area contributed by atoms with E-state index in [1.54, 1.807) is 5.48 Å². The normalized spacial score (nSPS) is 13.2. The third-order valence-corrected chi connectivity index (χ3v) is 9.14. The number of primary amides is 1. The lowest BCUT2D eigenvalue weighted by molar-refractivity contribution is -0.385. The van der Waals surface area contributed by atoms with Gasteiger partial charge in [-0.1, -0.05) is 30.3 Å². The van der Waals surface area contributed by atoms with Crippen molar-refractivity contribution in [1.82, 2.24) is 26.6 Å². The van der Waals surface area contributed by atoms with Crippen LogP contribution in [0.2, 0.25) is 0 Å². The van der Waals surface area contributed by atoms with Gasteiger partial charge >= 0.3 is 6.18 Å². The minimum atomic E-state index is -5.51. The molecule has 0 aliphatic heterocycles. The number of alkyl halides is 3. The van der Waals surface area contributed by atoms with E-state index in [9.17, 15) is 72.4 Å². The number of nitro benzene ring substituents is 2. The molecule has 0 aliphatic carbocycles. The number of phenols is 1. The smallest absolute Gasteiger partial charge is 0.418 e. The van der Waals surface area contributed by atoms with Crippen LogP contribution >= 0.6 is 0 Å². The summed E-state index contributed by atoms with van der Waals surface area (Å²) in [7, 11) is 0. The summed E-state index contributed by atoms with van der Waals surface area (Å²) in [5.74, 6) is -13.7. The van der Waals surface area contributed by atoms with Crippen molar-refractivity contribution >= 4 is 82.0 Å². The minimum Gasteiger partial charge on any atom is -0.505 e. The minimum absolute atomic E-state index is 0.0141. The van der Waals surface area contributed by atoms with E-state index in [1.165, 1.54) is 30.3 Å². The summed E-state index contributed by atoms with van der Waals surface area (Å²) in [4.78, 5) is 119. The average molecular weight is 1070 g/mol. The highest BCUT2D eigenvalue weighted by molar-refractivity contribution is 5.99. The molecular weight excluding hydrogens is 1020 g/mol. The lowest BCUT2D eigenvalue weighted by atomic mass is 10.0. The number of aromatic hydroxyl groups is 1. The number of amides is 6. The quantitative estimate of drug-likeness (QED) is 0.00754. The maximum Gasteiger partial charge on any atom is 0.418 e. The zero-order valence-corrected chi connectivity index (χ0v) is 37.7. The van der Waals surface area contributed by atoms with Crippen molar-refractivity contribution in [2.45, 2.75) is 49.7 Å². The standard InChI is InChI=1S/C36H45F3N22O14/c37-36(38,39)16-9-14(60(70)71)6-7-18(16)59(11-13-8-15(61(72)73)10-17(20(13)62)58-75-74)31(69)30(68)49-19(12-4-2-1-3-5-12)26(64)51-23(55-33(43)44)28(66)53-25(57-35(47)48)29(67)52-24(56-34(45)46)27(65)50-22(21(40)63)54-32(41)42/h1-10,19,22-25,31,58,62,69,74H,11H2,(H2,40,63)(H,49,68)(H,50,65)(H,51,64)(H,52,67)(H,53,66)(H4,41,42,54)(H4,43,44,55)(H4,45,46,56)(H4,47,48,57). The zero-order chi connectivity index (χ0) is 56.6. The van der Waals surface area contributed by atoms with Crippen molar-refractivity contribution in [2.24, 2.45) is 71.6 Å². The molecule has 0 aromatic heterocycles. The fourth-order valence-corrected chi connectivity index (χ4v) is 6.03.